The van der Waals surface area contributed by atoms with Crippen LogP contribution in [0.3, 0.4) is 0 Å². The number of hydrogen-bond donors (Lipinski definition) is 1. The lowest BCUT2D eigenvalue weighted by Crippen LogP contribution is -2.18. The molecule has 0 aromatic heterocycles. The van der Waals surface area contributed by atoms with Crippen molar-refractivity contribution in [2.24, 2.45) is 5.14 Å². The first-order chi connectivity index (χ1) is 8.66. The first-order valence-electron chi connectivity index (χ1n) is 5.70. The Morgan fingerprint density at radius 2 is 2.05 bits per heavy atom. The number of esters is 1. The van der Waals surface area contributed by atoms with Crippen LogP contribution in [0, 0.1) is 12.7 Å². The molecule has 106 valence electrons. The number of carbonyl (C=O) groups excluding carboxylic acids is 1. The summed E-state index contributed by atoms with van der Waals surface area (Å²) in [5, 5.41) is 4.98. The monoisotopic (exact) mass is 289 g/mol. The van der Waals surface area contributed by atoms with Crippen molar-refractivity contribution in [2.45, 2.75) is 38.2 Å². The van der Waals surface area contributed by atoms with E-state index in [1.165, 1.54) is 6.92 Å². The first kappa shape index (κ1) is 15.6. The zero-order valence-corrected chi connectivity index (χ0v) is 11.8. The van der Waals surface area contributed by atoms with Crippen LogP contribution in [0.15, 0.2) is 17.0 Å². The zero-order chi connectivity index (χ0) is 14.8. The number of benzene rings is 1. The van der Waals surface area contributed by atoms with Crippen LogP contribution < -0.4 is 5.14 Å². The summed E-state index contributed by atoms with van der Waals surface area (Å²) < 4.78 is 41.3. The highest BCUT2D eigenvalue weighted by atomic mass is 32.2. The molecule has 1 rings (SSSR count). The Bertz CT molecular complexity index is 598. The largest absolute Gasteiger partial charge is 0.459 e. The standard InChI is InChI=1S/C12H16FNO4S/c1-4-7(2)18-12(15)9-5-10(13)8(3)11(6-9)19(14,16)17/h5-7H,4H2,1-3H3,(H2,14,16,17). The van der Waals surface area contributed by atoms with Gasteiger partial charge < -0.3 is 4.74 Å². The lowest BCUT2D eigenvalue weighted by molar-refractivity contribution is 0.0333. The van der Waals surface area contributed by atoms with Crippen molar-refractivity contribution in [1.29, 1.82) is 0 Å². The van der Waals surface area contributed by atoms with Gasteiger partial charge in [0.15, 0.2) is 0 Å². The summed E-state index contributed by atoms with van der Waals surface area (Å²) in [5.41, 5.74) is -0.296. The van der Waals surface area contributed by atoms with Gasteiger partial charge in [-0.1, -0.05) is 6.92 Å². The molecule has 0 spiro atoms. The van der Waals surface area contributed by atoms with Gasteiger partial charge in [0.25, 0.3) is 0 Å². The van der Waals surface area contributed by atoms with Gasteiger partial charge >= 0.3 is 5.97 Å². The van der Waals surface area contributed by atoms with Gasteiger partial charge in [-0.15, -0.1) is 0 Å². The fraction of sp³-hybridized carbons (Fsp3) is 0.417. The molecule has 0 heterocycles. The van der Waals surface area contributed by atoms with Crippen LogP contribution >= 0.6 is 0 Å². The highest BCUT2D eigenvalue weighted by molar-refractivity contribution is 7.89. The zero-order valence-electron chi connectivity index (χ0n) is 10.9. The number of rotatable bonds is 4. The summed E-state index contributed by atoms with van der Waals surface area (Å²) in [6.07, 6.45) is 0.261. The molecule has 1 unspecified atom stereocenters. The maximum Gasteiger partial charge on any atom is 0.338 e. The lowest BCUT2D eigenvalue weighted by Gasteiger charge is -2.12. The van der Waals surface area contributed by atoms with Crippen LogP contribution in [0.4, 0.5) is 4.39 Å². The molecule has 0 radical (unpaired) electrons. The van der Waals surface area contributed by atoms with Crippen LogP contribution in [-0.4, -0.2) is 20.5 Å². The van der Waals surface area contributed by atoms with Crippen molar-refractivity contribution in [2.75, 3.05) is 0 Å². The minimum absolute atomic E-state index is 0.123. The first-order valence-corrected chi connectivity index (χ1v) is 7.25. The Kier molecular flexibility index (Phi) is 4.65. The van der Waals surface area contributed by atoms with Crippen molar-refractivity contribution in [3.05, 3.63) is 29.1 Å². The van der Waals surface area contributed by atoms with Crippen LogP contribution in [0.1, 0.15) is 36.2 Å². The predicted molar refractivity (Wildman–Crippen MR) is 67.7 cm³/mol. The quantitative estimate of drug-likeness (QED) is 0.855. The molecule has 0 bridgehead atoms. The lowest BCUT2D eigenvalue weighted by atomic mass is 10.1. The Morgan fingerprint density at radius 3 is 2.53 bits per heavy atom. The van der Waals surface area contributed by atoms with E-state index in [0.29, 0.717) is 6.42 Å². The maximum atomic E-state index is 13.6. The van der Waals surface area contributed by atoms with Crippen LogP contribution in [0.2, 0.25) is 0 Å². The minimum Gasteiger partial charge on any atom is -0.459 e. The van der Waals surface area contributed by atoms with Crippen LogP contribution in [-0.2, 0) is 14.8 Å². The van der Waals surface area contributed by atoms with Gasteiger partial charge in [0.1, 0.15) is 5.82 Å². The third-order valence-corrected chi connectivity index (χ3v) is 3.76. The molecule has 5 nitrogen and oxygen atoms in total. The number of carbonyl (C=O) groups is 1. The molecule has 1 aromatic carbocycles. The fourth-order valence-electron chi connectivity index (χ4n) is 1.40. The molecule has 0 fully saturated rings. The molecule has 0 saturated heterocycles. The minimum atomic E-state index is -4.09. The molecular formula is C12H16FNO4S. The van der Waals surface area contributed by atoms with E-state index >= 15 is 0 Å². The van der Waals surface area contributed by atoms with E-state index in [4.69, 9.17) is 9.88 Å². The average Bonchev–Trinajstić information content (AvgIpc) is 2.30. The molecule has 0 saturated carbocycles. The van der Waals surface area contributed by atoms with Crippen LogP contribution in [0.25, 0.3) is 0 Å². The van der Waals surface area contributed by atoms with E-state index in [0.717, 1.165) is 12.1 Å². The molecule has 0 aliphatic carbocycles. The summed E-state index contributed by atoms with van der Waals surface area (Å²) in [4.78, 5) is 11.3. The highest BCUT2D eigenvalue weighted by Crippen LogP contribution is 2.20. The fourth-order valence-corrected chi connectivity index (χ4v) is 2.22. The second-order valence-electron chi connectivity index (χ2n) is 4.25. The van der Waals surface area contributed by atoms with Crippen molar-refractivity contribution >= 4 is 16.0 Å². The smallest absolute Gasteiger partial charge is 0.338 e. The number of hydrogen-bond acceptors (Lipinski definition) is 4. The molecule has 7 heteroatoms. The molecule has 0 aliphatic rings. The van der Waals surface area contributed by atoms with E-state index in [1.54, 1.807) is 6.92 Å². The van der Waals surface area contributed by atoms with Gasteiger partial charge in [-0.05, 0) is 32.4 Å². The van der Waals surface area contributed by atoms with E-state index in [9.17, 15) is 17.6 Å². The second kappa shape index (κ2) is 5.66. The number of halogens is 1. The summed E-state index contributed by atoms with van der Waals surface area (Å²) in [7, 11) is -4.09. The van der Waals surface area contributed by atoms with E-state index in [-0.39, 0.29) is 17.2 Å². The second-order valence-corrected chi connectivity index (χ2v) is 5.78. The van der Waals surface area contributed by atoms with Crippen molar-refractivity contribution in [3.63, 3.8) is 0 Å². The predicted octanol–water partition coefficient (Wildman–Crippen LogP) is 1.74. The Morgan fingerprint density at radius 1 is 1.47 bits per heavy atom. The van der Waals surface area contributed by atoms with Crippen molar-refractivity contribution in [1.82, 2.24) is 0 Å². The Labute approximate surface area is 111 Å². The van der Waals surface area contributed by atoms with E-state index in [2.05, 4.69) is 0 Å². The molecule has 0 aliphatic heterocycles. The summed E-state index contributed by atoms with van der Waals surface area (Å²) in [6, 6.07) is 1.97. The summed E-state index contributed by atoms with van der Waals surface area (Å²) >= 11 is 0. The van der Waals surface area contributed by atoms with Gasteiger partial charge in [-0.2, -0.15) is 0 Å². The number of nitrogens with two attached hydrogens (primary N) is 1. The summed E-state index contributed by atoms with van der Waals surface area (Å²) in [6.45, 7) is 4.78. The van der Waals surface area contributed by atoms with Crippen LogP contribution in [0.5, 0.6) is 0 Å². The normalized spacial score (nSPS) is 13.1. The van der Waals surface area contributed by atoms with Gasteiger partial charge in [0, 0.05) is 5.56 Å². The highest BCUT2D eigenvalue weighted by Gasteiger charge is 2.20. The topological polar surface area (TPSA) is 86.5 Å². The molecule has 0 amide bonds. The Hall–Kier alpha value is -1.47. The summed E-state index contributed by atoms with van der Waals surface area (Å²) in [5.74, 6) is -1.60. The van der Waals surface area contributed by atoms with Crippen molar-refractivity contribution in [3.8, 4) is 0 Å². The molecular weight excluding hydrogens is 273 g/mol. The number of ether oxygens (including phenoxy) is 1. The molecule has 1 atom stereocenters. The van der Waals surface area contributed by atoms with E-state index < -0.39 is 26.7 Å². The van der Waals surface area contributed by atoms with E-state index in [1.807, 2.05) is 6.92 Å². The van der Waals surface area contributed by atoms with Crippen molar-refractivity contribution < 1.29 is 22.3 Å². The number of sulfonamides is 1. The van der Waals surface area contributed by atoms with Gasteiger partial charge in [-0.25, -0.2) is 22.7 Å². The van der Waals surface area contributed by atoms with Gasteiger partial charge in [0.05, 0.1) is 16.6 Å². The Balaban J connectivity index is 3.25. The average molecular weight is 289 g/mol. The molecule has 2 N–H and O–H groups in total. The van der Waals surface area contributed by atoms with Gasteiger partial charge in [0.2, 0.25) is 10.0 Å². The maximum absolute atomic E-state index is 13.6. The molecule has 19 heavy (non-hydrogen) atoms. The third kappa shape index (κ3) is 3.74. The molecule has 1 aromatic rings. The number of primary sulfonamides is 1. The SMILES string of the molecule is CCC(C)OC(=O)c1cc(F)c(C)c(S(N)(=O)=O)c1. The van der Waals surface area contributed by atoms with Gasteiger partial charge in [-0.3, -0.25) is 0 Å². The third-order valence-electron chi connectivity index (χ3n) is 2.72.